The van der Waals surface area contributed by atoms with Gasteiger partial charge < -0.3 is 15.7 Å². The first-order chi connectivity index (χ1) is 9.96. The van der Waals surface area contributed by atoms with Gasteiger partial charge in [0.25, 0.3) is 0 Å². The molecule has 2 amide bonds. The van der Waals surface area contributed by atoms with E-state index in [1.54, 1.807) is 6.07 Å². The highest BCUT2D eigenvalue weighted by Gasteiger charge is 2.39. The second-order valence-electron chi connectivity index (χ2n) is 5.66. The zero-order valence-corrected chi connectivity index (χ0v) is 11.9. The SMILES string of the molecule is CC1(CO)CCCC1NC(=O)C(=O)Nc1ccccc1F. The van der Waals surface area contributed by atoms with Crippen molar-refractivity contribution in [2.75, 3.05) is 11.9 Å². The number of halogens is 1. The maximum Gasteiger partial charge on any atom is 0.313 e. The molecule has 0 heterocycles. The van der Waals surface area contributed by atoms with E-state index in [9.17, 15) is 19.1 Å². The van der Waals surface area contributed by atoms with Crippen molar-refractivity contribution in [3.63, 3.8) is 0 Å². The Kier molecular flexibility index (Phi) is 4.57. The van der Waals surface area contributed by atoms with E-state index in [4.69, 9.17) is 0 Å². The van der Waals surface area contributed by atoms with Crippen molar-refractivity contribution >= 4 is 17.5 Å². The Bertz CT molecular complexity index is 549. The second kappa shape index (κ2) is 6.22. The first-order valence-corrected chi connectivity index (χ1v) is 6.93. The van der Waals surface area contributed by atoms with Crippen LogP contribution in [0.3, 0.4) is 0 Å². The largest absolute Gasteiger partial charge is 0.396 e. The van der Waals surface area contributed by atoms with Gasteiger partial charge >= 0.3 is 11.8 Å². The van der Waals surface area contributed by atoms with Crippen LogP contribution >= 0.6 is 0 Å². The summed E-state index contributed by atoms with van der Waals surface area (Å²) in [7, 11) is 0. The number of hydrogen-bond acceptors (Lipinski definition) is 3. The van der Waals surface area contributed by atoms with Gasteiger partial charge in [-0.3, -0.25) is 9.59 Å². The van der Waals surface area contributed by atoms with Crippen LogP contribution in [0, 0.1) is 11.2 Å². The lowest BCUT2D eigenvalue weighted by Gasteiger charge is -2.29. The number of para-hydroxylation sites is 1. The van der Waals surface area contributed by atoms with E-state index < -0.39 is 23.0 Å². The molecule has 0 aromatic heterocycles. The highest BCUT2D eigenvalue weighted by molar-refractivity contribution is 6.39. The van der Waals surface area contributed by atoms with Gasteiger partial charge in [0.2, 0.25) is 0 Å². The molecule has 5 nitrogen and oxygen atoms in total. The number of anilines is 1. The van der Waals surface area contributed by atoms with Crippen molar-refractivity contribution in [3.05, 3.63) is 30.1 Å². The van der Waals surface area contributed by atoms with E-state index in [0.29, 0.717) is 0 Å². The Morgan fingerprint density at radius 2 is 2.10 bits per heavy atom. The molecule has 21 heavy (non-hydrogen) atoms. The maximum absolute atomic E-state index is 13.4. The van der Waals surface area contributed by atoms with Gasteiger partial charge in [-0.15, -0.1) is 0 Å². The van der Waals surface area contributed by atoms with Crippen LogP contribution in [0.4, 0.5) is 10.1 Å². The van der Waals surface area contributed by atoms with Crippen LogP contribution in [0.2, 0.25) is 0 Å². The van der Waals surface area contributed by atoms with E-state index in [0.717, 1.165) is 19.3 Å². The minimum atomic E-state index is -0.910. The van der Waals surface area contributed by atoms with Crippen LogP contribution in [0.1, 0.15) is 26.2 Å². The molecule has 2 unspecified atom stereocenters. The van der Waals surface area contributed by atoms with Gasteiger partial charge in [-0.05, 0) is 25.0 Å². The standard InChI is InChI=1S/C15H19FN2O3/c1-15(9-19)8-4-7-12(15)18-14(21)13(20)17-11-6-3-2-5-10(11)16/h2-3,5-6,12,19H,4,7-9H2,1H3,(H,17,20)(H,18,21). The molecule has 2 atom stereocenters. The van der Waals surface area contributed by atoms with Gasteiger partial charge in [-0.2, -0.15) is 0 Å². The molecule has 0 radical (unpaired) electrons. The highest BCUT2D eigenvalue weighted by Crippen LogP contribution is 2.37. The first kappa shape index (κ1) is 15.4. The molecule has 1 aliphatic carbocycles. The van der Waals surface area contributed by atoms with Gasteiger partial charge in [0.05, 0.1) is 12.3 Å². The highest BCUT2D eigenvalue weighted by atomic mass is 19.1. The Hall–Kier alpha value is -1.95. The maximum atomic E-state index is 13.4. The number of aliphatic hydroxyl groups is 1. The first-order valence-electron chi connectivity index (χ1n) is 6.93. The van der Waals surface area contributed by atoms with Crippen LogP contribution in [-0.4, -0.2) is 29.6 Å². The van der Waals surface area contributed by atoms with Crippen LogP contribution in [0.25, 0.3) is 0 Å². The van der Waals surface area contributed by atoms with E-state index in [2.05, 4.69) is 10.6 Å². The van der Waals surface area contributed by atoms with E-state index in [1.807, 2.05) is 6.92 Å². The summed E-state index contributed by atoms with van der Waals surface area (Å²) in [6, 6.07) is 5.40. The Balaban J connectivity index is 1.97. The third kappa shape index (κ3) is 3.39. The van der Waals surface area contributed by atoms with Gasteiger partial charge in [-0.1, -0.05) is 25.5 Å². The molecule has 0 bridgehead atoms. The summed E-state index contributed by atoms with van der Waals surface area (Å²) in [5, 5.41) is 14.3. The number of nitrogens with one attached hydrogen (secondary N) is 2. The molecule has 1 aromatic carbocycles. The molecule has 0 aliphatic heterocycles. The lowest BCUT2D eigenvalue weighted by Crippen LogP contribution is -2.48. The molecule has 1 aliphatic rings. The van der Waals surface area contributed by atoms with Gasteiger partial charge in [0.1, 0.15) is 5.82 Å². The fraction of sp³-hybridized carbons (Fsp3) is 0.467. The van der Waals surface area contributed by atoms with E-state index in [-0.39, 0.29) is 18.3 Å². The van der Waals surface area contributed by atoms with Crippen molar-refractivity contribution in [1.82, 2.24) is 5.32 Å². The van der Waals surface area contributed by atoms with Crippen molar-refractivity contribution in [2.45, 2.75) is 32.2 Å². The zero-order valence-electron chi connectivity index (χ0n) is 11.9. The quantitative estimate of drug-likeness (QED) is 0.738. The molecule has 114 valence electrons. The topological polar surface area (TPSA) is 78.4 Å². The van der Waals surface area contributed by atoms with E-state index in [1.165, 1.54) is 18.2 Å². The molecule has 3 N–H and O–H groups in total. The Labute approximate surface area is 122 Å². The summed E-state index contributed by atoms with van der Waals surface area (Å²) >= 11 is 0. The fourth-order valence-corrected chi connectivity index (χ4v) is 2.63. The molecular formula is C15H19FN2O3. The fourth-order valence-electron chi connectivity index (χ4n) is 2.63. The lowest BCUT2D eigenvalue weighted by atomic mass is 9.86. The summed E-state index contributed by atoms with van der Waals surface area (Å²) in [5.74, 6) is -2.32. The predicted octanol–water partition coefficient (Wildman–Crippen LogP) is 1.43. The number of amides is 2. The average molecular weight is 294 g/mol. The molecule has 0 saturated heterocycles. The van der Waals surface area contributed by atoms with Crippen molar-refractivity contribution in [2.24, 2.45) is 5.41 Å². The van der Waals surface area contributed by atoms with Crippen molar-refractivity contribution < 1.29 is 19.1 Å². The summed E-state index contributed by atoms with van der Waals surface area (Å²) in [5.41, 5.74) is -0.442. The number of hydrogen-bond donors (Lipinski definition) is 3. The second-order valence-corrected chi connectivity index (χ2v) is 5.66. The minimum absolute atomic E-state index is 0.0333. The number of aliphatic hydroxyl groups excluding tert-OH is 1. The summed E-state index contributed by atoms with van der Waals surface area (Å²) in [6.45, 7) is 1.83. The third-order valence-electron chi connectivity index (χ3n) is 4.08. The smallest absolute Gasteiger partial charge is 0.313 e. The van der Waals surface area contributed by atoms with E-state index >= 15 is 0 Å². The molecule has 1 fully saturated rings. The molecule has 1 aromatic rings. The summed E-state index contributed by atoms with van der Waals surface area (Å²) in [6.07, 6.45) is 2.40. The number of rotatable bonds is 3. The average Bonchev–Trinajstić information content (AvgIpc) is 2.83. The van der Waals surface area contributed by atoms with Crippen LogP contribution in [0.15, 0.2) is 24.3 Å². The number of carbonyl (C=O) groups excluding carboxylic acids is 2. The minimum Gasteiger partial charge on any atom is -0.396 e. The molecule has 1 saturated carbocycles. The third-order valence-corrected chi connectivity index (χ3v) is 4.08. The van der Waals surface area contributed by atoms with Gasteiger partial charge in [-0.25, -0.2) is 4.39 Å². The van der Waals surface area contributed by atoms with Crippen molar-refractivity contribution in [1.29, 1.82) is 0 Å². The zero-order chi connectivity index (χ0) is 15.5. The normalized spacial score (nSPS) is 24.6. The Morgan fingerprint density at radius 1 is 1.38 bits per heavy atom. The summed E-state index contributed by atoms with van der Waals surface area (Å²) < 4.78 is 13.4. The van der Waals surface area contributed by atoms with Gasteiger partial charge in [0.15, 0.2) is 0 Å². The summed E-state index contributed by atoms with van der Waals surface area (Å²) in [4.78, 5) is 23.7. The monoisotopic (exact) mass is 294 g/mol. The molecular weight excluding hydrogens is 275 g/mol. The number of benzene rings is 1. The lowest BCUT2D eigenvalue weighted by molar-refractivity contribution is -0.137. The molecule has 6 heteroatoms. The molecule has 2 rings (SSSR count). The van der Waals surface area contributed by atoms with Gasteiger partial charge in [0, 0.05) is 11.5 Å². The van der Waals surface area contributed by atoms with Crippen LogP contribution in [-0.2, 0) is 9.59 Å². The predicted molar refractivity (Wildman–Crippen MR) is 76.0 cm³/mol. The Morgan fingerprint density at radius 3 is 2.76 bits per heavy atom. The number of carbonyl (C=O) groups is 2. The van der Waals surface area contributed by atoms with Crippen LogP contribution < -0.4 is 10.6 Å². The van der Waals surface area contributed by atoms with Crippen LogP contribution in [0.5, 0.6) is 0 Å². The molecule has 0 spiro atoms. The van der Waals surface area contributed by atoms with Crippen molar-refractivity contribution in [3.8, 4) is 0 Å².